The second-order valence-electron chi connectivity index (χ2n) is 7.79. The van der Waals surface area contributed by atoms with Gasteiger partial charge in [-0.2, -0.15) is 5.10 Å². The summed E-state index contributed by atoms with van der Waals surface area (Å²) in [5, 5.41) is 8.93. The summed E-state index contributed by atoms with van der Waals surface area (Å²) in [4.78, 5) is 17.1. The summed E-state index contributed by atoms with van der Waals surface area (Å²) >= 11 is 1.53. The largest absolute Gasteiger partial charge is 0.348 e. The Labute approximate surface area is 170 Å². The number of thiophene rings is 1. The lowest BCUT2D eigenvalue weighted by atomic mass is 10.1. The van der Waals surface area contributed by atoms with Crippen molar-refractivity contribution in [2.45, 2.75) is 45.7 Å². The molecule has 28 heavy (non-hydrogen) atoms. The van der Waals surface area contributed by atoms with Crippen LogP contribution in [-0.4, -0.2) is 46.3 Å². The number of rotatable bonds is 6. The average molecular weight is 397 g/mol. The Kier molecular flexibility index (Phi) is 5.78. The number of amides is 1. The Morgan fingerprint density at radius 2 is 1.96 bits per heavy atom. The zero-order valence-corrected chi connectivity index (χ0v) is 17.5. The third-order valence-corrected chi connectivity index (χ3v) is 6.51. The fourth-order valence-corrected chi connectivity index (χ4v) is 5.02. The van der Waals surface area contributed by atoms with Gasteiger partial charge in [-0.15, -0.1) is 11.3 Å². The third-order valence-electron chi connectivity index (χ3n) is 5.36. The number of benzene rings is 1. The van der Waals surface area contributed by atoms with E-state index in [4.69, 9.17) is 0 Å². The van der Waals surface area contributed by atoms with Gasteiger partial charge in [-0.05, 0) is 51.4 Å². The van der Waals surface area contributed by atoms with Gasteiger partial charge in [-0.25, -0.2) is 0 Å². The lowest BCUT2D eigenvalue weighted by molar-refractivity contribution is 0.0930. The van der Waals surface area contributed by atoms with Crippen LogP contribution in [0.2, 0.25) is 0 Å². The van der Waals surface area contributed by atoms with E-state index in [1.54, 1.807) is 0 Å². The van der Waals surface area contributed by atoms with E-state index in [-0.39, 0.29) is 11.9 Å². The summed E-state index contributed by atoms with van der Waals surface area (Å²) in [5.74, 6) is 0.0244. The SMILES string of the molecule is Cc1nn(Cc2ccccc2)c2sc(C(=O)NC(C)CN3CCCCC3)cc12. The Morgan fingerprint density at radius 1 is 1.21 bits per heavy atom. The van der Waals surface area contributed by atoms with Gasteiger partial charge in [0, 0.05) is 18.0 Å². The molecule has 3 heterocycles. The van der Waals surface area contributed by atoms with Crippen molar-refractivity contribution in [2.24, 2.45) is 0 Å². The topological polar surface area (TPSA) is 50.2 Å². The molecule has 4 rings (SSSR count). The average Bonchev–Trinajstić information content (AvgIpc) is 3.25. The maximum atomic E-state index is 12.8. The van der Waals surface area contributed by atoms with Crippen molar-refractivity contribution < 1.29 is 4.79 Å². The van der Waals surface area contributed by atoms with Crippen LogP contribution in [0.4, 0.5) is 0 Å². The maximum Gasteiger partial charge on any atom is 0.261 e. The first-order valence-electron chi connectivity index (χ1n) is 10.1. The van der Waals surface area contributed by atoms with E-state index in [2.05, 4.69) is 34.4 Å². The summed E-state index contributed by atoms with van der Waals surface area (Å²) in [7, 11) is 0. The predicted molar refractivity (Wildman–Crippen MR) is 115 cm³/mol. The first-order valence-corrected chi connectivity index (χ1v) is 11.0. The molecule has 1 aliphatic rings. The molecule has 1 fully saturated rings. The highest BCUT2D eigenvalue weighted by atomic mass is 32.1. The van der Waals surface area contributed by atoms with Gasteiger partial charge in [0.15, 0.2) is 0 Å². The van der Waals surface area contributed by atoms with Gasteiger partial charge >= 0.3 is 0 Å². The number of fused-ring (bicyclic) bond motifs is 1. The van der Waals surface area contributed by atoms with Crippen molar-refractivity contribution in [3.63, 3.8) is 0 Å². The van der Waals surface area contributed by atoms with Crippen molar-refractivity contribution in [2.75, 3.05) is 19.6 Å². The van der Waals surface area contributed by atoms with Crippen LogP contribution < -0.4 is 5.32 Å². The van der Waals surface area contributed by atoms with E-state index < -0.39 is 0 Å². The second kappa shape index (κ2) is 8.45. The van der Waals surface area contributed by atoms with Gasteiger partial charge in [-0.3, -0.25) is 9.48 Å². The van der Waals surface area contributed by atoms with E-state index in [1.165, 1.54) is 36.2 Å². The summed E-state index contributed by atoms with van der Waals surface area (Å²) in [6.07, 6.45) is 3.88. The van der Waals surface area contributed by atoms with Crippen molar-refractivity contribution in [1.82, 2.24) is 20.0 Å². The van der Waals surface area contributed by atoms with Crippen molar-refractivity contribution in [3.8, 4) is 0 Å². The zero-order valence-electron chi connectivity index (χ0n) is 16.6. The number of carbonyl (C=O) groups excluding carboxylic acids is 1. The molecule has 148 valence electrons. The molecule has 0 aliphatic carbocycles. The number of hydrogen-bond donors (Lipinski definition) is 1. The number of likely N-dealkylation sites (tertiary alicyclic amines) is 1. The first kappa shape index (κ1) is 19.2. The van der Waals surface area contributed by atoms with Crippen LogP contribution in [0.15, 0.2) is 36.4 Å². The number of piperidine rings is 1. The zero-order chi connectivity index (χ0) is 19.5. The highest BCUT2D eigenvalue weighted by Crippen LogP contribution is 2.29. The quantitative estimate of drug-likeness (QED) is 0.684. The Morgan fingerprint density at radius 3 is 2.71 bits per heavy atom. The molecule has 3 aromatic rings. The summed E-state index contributed by atoms with van der Waals surface area (Å²) in [6, 6.07) is 12.5. The Balaban J connectivity index is 1.46. The van der Waals surface area contributed by atoms with E-state index in [1.807, 2.05) is 35.9 Å². The van der Waals surface area contributed by atoms with E-state index in [0.717, 1.165) is 47.0 Å². The number of hydrogen-bond acceptors (Lipinski definition) is 4. The van der Waals surface area contributed by atoms with Crippen LogP contribution in [0.3, 0.4) is 0 Å². The normalized spacial score (nSPS) is 16.4. The van der Waals surface area contributed by atoms with Gasteiger partial charge in [0.05, 0.1) is 17.1 Å². The second-order valence-corrected chi connectivity index (χ2v) is 8.82. The molecule has 1 saturated heterocycles. The molecule has 0 spiro atoms. The number of aryl methyl sites for hydroxylation is 1. The molecule has 0 radical (unpaired) electrons. The Bertz CT molecular complexity index is 940. The number of nitrogens with zero attached hydrogens (tertiary/aromatic N) is 3. The first-order chi connectivity index (χ1) is 13.6. The van der Waals surface area contributed by atoms with E-state index >= 15 is 0 Å². The maximum absolute atomic E-state index is 12.8. The molecule has 1 N–H and O–H groups in total. The minimum Gasteiger partial charge on any atom is -0.348 e. The predicted octanol–water partition coefficient (Wildman–Crippen LogP) is 4.06. The lowest BCUT2D eigenvalue weighted by Crippen LogP contribution is -2.43. The molecule has 2 aromatic heterocycles. The molecular weight excluding hydrogens is 368 g/mol. The van der Waals surface area contributed by atoms with Gasteiger partial charge in [0.25, 0.3) is 5.91 Å². The molecule has 1 amide bonds. The molecule has 5 nitrogen and oxygen atoms in total. The third kappa shape index (κ3) is 4.28. The molecule has 1 atom stereocenters. The minimum absolute atomic E-state index is 0.0244. The molecule has 6 heteroatoms. The molecule has 1 aromatic carbocycles. The number of nitrogens with one attached hydrogen (secondary N) is 1. The van der Waals surface area contributed by atoms with Crippen LogP contribution in [0.5, 0.6) is 0 Å². The standard InChI is InChI=1S/C22H28N4OS/c1-16(14-25-11-7-4-8-12-25)23-21(27)20-13-19-17(2)24-26(22(19)28-20)15-18-9-5-3-6-10-18/h3,5-6,9-10,13,16H,4,7-8,11-12,14-15H2,1-2H3,(H,23,27). The summed E-state index contributed by atoms with van der Waals surface area (Å²) in [6.45, 7) is 8.06. The van der Waals surface area contributed by atoms with Crippen LogP contribution in [0.1, 0.15) is 47.1 Å². The Hall–Kier alpha value is -2.18. The summed E-state index contributed by atoms with van der Waals surface area (Å²) in [5.41, 5.74) is 2.18. The smallest absolute Gasteiger partial charge is 0.261 e. The van der Waals surface area contributed by atoms with Gasteiger partial charge in [0.2, 0.25) is 0 Å². The van der Waals surface area contributed by atoms with Gasteiger partial charge < -0.3 is 10.2 Å². The number of aromatic nitrogens is 2. The molecule has 0 bridgehead atoms. The fraction of sp³-hybridized carbons (Fsp3) is 0.455. The van der Waals surface area contributed by atoms with Crippen LogP contribution >= 0.6 is 11.3 Å². The number of carbonyl (C=O) groups is 1. The van der Waals surface area contributed by atoms with Crippen molar-refractivity contribution in [1.29, 1.82) is 0 Å². The lowest BCUT2D eigenvalue weighted by Gasteiger charge is -2.29. The molecule has 1 unspecified atom stereocenters. The van der Waals surface area contributed by atoms with Crippen LogP contribution in [-0.2, 0) is 6.54 Å². The van der Waals surface area contributed by atoms with Crippen LogP contribution in [0, 0.1) is 6.92 Å². The monoisotopic (exact) mass is 396 g/mol. The van der Waals surface area contributed by atoms with Gasteiger partial charge in [0.1, 0.15) is 4.83 Å². The summed E-state index contributed by atoms with van der Waals surface area (Å²) < 4.78 is 2.01. The highest BCUT2D eigenvalue weighted by Gasteiger charge is 2.19. The van der Waals surface area contributed by atoms with Gasteiger partial charge in [-0.1, -0.05) is 36.8 Å². The molecule has 0 saturated carbocycles. The van der Waals surface area contributed by atoms with E-state index in [9.17, 15) is 4.79 Å². The molecular formula is C22H28N4OS. The van der Waals surface area contributed by atoms with Crippen LogP contribution in [0.25, 0.3) is 10.2 Å². The van der Waals surface area contributed by atoms with E-state index in [0.29, 0.717) is 0 Å². The molecule has 1 aliphatic heterocycles. The van der Waals surface area contributed by atoms with Crippen molar-refractivity contribution >= 4 is 27.5 Å². The fourth-order valence-electron chi connectivity index (χ4n) is 3.96. The highest BCUT2D eigenvalue weighted by molar-refractivity contribution is 7.20. The van der Waals surface area contributed by atoms with Crippen molar-refractivity contribution in [3.05, 3.63) is 52.5 Å². The minimum atomic E-state index is 0.0244.